The maximum atomic E-state index is 12.2. The summed E-state index contributed by atoms with van der Waals surface area (Å²) in [5.74, 6) is 1.37. The van der Waals surface area contributed by atoms with Crippen LogP contribution in [0.2, 0.25) is 0 Å². The van der Waals surface area contributed by atoms with Gasteiger partial charge in [-0.05, 0) is 37.3 Å². The molecule has 2 heterocycles. The molecular formula is C13H10O3S. The van der Waals surface area contributed by atoms with Crippen molar-refractivity contribution in [1.82, 2.24) is 0 Å². The summed E-state index contributed by atoms with van der Waals surface area (Å²) >= 11 is 1.50. The molecule has 1 aliphatic rings. The zero-order valence-electron chi connectivity index (χ0n) is 9.23. The predicted molar refractivity (Wildman–Crippen MR) is 65.1 cm³/mol. The molecule has 17 heavy (non-hydrogen) atoms. The monoisotopic (exact) mass is 246 g/mol. The molecule has 0 amide bonds. The van der Waals surface area contributed by atoms with Crippen LogP contribution >= 0.6 is 11.3 Å². The molecule has 2 aromatic rings. The average Bonchev–Trinajstić information content (AvgIpc) is 2.95. The van der Waals surface area contributed by atoms with Crippen LogP contribution in [-0.2, 0) is 0 Å². The van der Waals surface area contributed by atoms with Gasteiger partial charge in [-0.1, -0.05) is 0 Å². The van der Waals surface area contributed by atoms with Gasteiger partial charge in [0.15, 0.2) is 11.5 Å². The molecule has 0 bridgehead atoms. The van der Waals surface area contributed by atoms with E-state index in [0.29, 0.717) is 17.1 Å². The third kappa shape index (κ3) is 1.80. The third-order valence-corrected chi connectivity index (χ3v) is 3.60. The number of rotatable bonds is 2. The van der Waals surface area contributed by atoms with Crippen molar-refractivity contribution < 1.29 is 14.3 Å². The first-order valence-electron chi connectivity index (χ1n) is 5.25. The van der Waals surface area contributed by atoms with E-state index in [2.05, 4.69) is 0 Å². The van der Waals surface area contributed by atoms with E-state index in [1.54, 1.807) is 18.2 Å². The van der Waals surface area contributed by atoms with Gasteiger partial charge < -0.3 is 9.47 Å². The second kappa shape index (κ2) is 3.89. The molecule has 86 valence electrons. The summed E-state index contributed by atoms with van der Waals surface area (Å²) < 4.78 is 10.5. The fourth-order valence-corrected chi connectivity index (χ4v) is 2.57. The van der Waals surface area contributed by atoms with Gasteiger partial charge in [0.2, 0.25) is 12.6 Å². The van der Waals surface area contributed by atoms with E-state index >= 15 is 0 Å². The second-order valence-electron chi connectivity index (χ2n) is 3.81. The Kier molecular flexibility index (Phi) is 2.37. The molecule has 3 nitrogen and oxygen atoms in total. The number of carbonyl (C=O) groups excluding carboxylic acids is 1. The van der Waals surface area contributed by atoms with E-state index in [1.807, 2.05) is 19.1 Å². The molecule has 0 saturated carbocycles. The van der Waals surface area contributed by atoms with Crippen molar-refractivity contribution >= 4 is 17.1 Å². The molecule has 3 rings (SSSR count). The molecule has 0 radical (unpaired) electrons. The zero-order valence-corrected chi connectivity index (χ0v) is 10.0. The Labute approximate surface area is 103 Å². The number of aryl methyl sites for hydroxylation is 1. The van der Waals surface area contributed by atoms with Crippen LogP contribution in [-0.4, -0.2) is 12.6 Å². The van der Waals surface area contributed by atoms with Gasteiger partial charge >= 0.3 is 0 Å². The smallest absolute Gasteiger partial charge is 0.231 e. The van der Waals surface area contributed by atoms with E-state index in [1.165, 1.54) is 11.3 Å². The Morgan fingerprint density at radius 2 is 2.00 bits per heavy atom. The zero-order chi connectivity index (χ0) is 11.8. The highest BCUT2D eigenvalue weighted by molar-refractivity contribution is 7.14. The first-order valence-corrected chi connectivity index (χ1v) is 6.06. The average molecular weight is 246 g/mol. The molecule has 0 fully saturated rings. The third-order valence-electron chi connectivity index (χ3n) is 2.60. The molecule has 1 aliphatic heterocycles. The van der Waals surface area contributed by atoms with E-state index < -0.39 is 0 Å². The Morgan fingerprint density at radius 1 is 1.18 bits per heavy atom. The van der Waals surface area contributed by atoms with Crippen LogP contribution in [0.5, 0.6) is 11.5 Å². The Hall–Kier alpha value is -1.81. The highest BCUT2D eigenvalue weighted by Gasteiger charge is 2.17. The minimum absolute atomic E-state index is 0.0291. The van der Waals surface area contributed by atoms with Crippen LogP contribution in [0.1, 0.15) is 20.1 Å². The summed E-state index contributed by atoms with van der Waals surface area (Å²) in [6.07, 6.45) is 0. The summed E-state index contributed by atoms with van der Waals surface area (Å²) in [5.41, 5.74) is 0.635. The van der Waals surface area contributed by atoms with Gasteiger partial charge in [-0.25, -0.2) is 0 Å². The lowest BCUT2D eigenvalue weighted by atomic mass is 10.1. The van der Waals surface area contributed by atoms with Crippen molar-refractivity contribution in [3.05, 3.63) is 45.6 Å². The maximum Gasteiger partial charge on any atom is 0.231 e. The molecule has 0 saturated heterocycles. The van der Waals surface area contributed by atoms with Crippen LogP contribution in [0.25, 0.3) is 0 Å². The molecule has 0 unspecified atom stereocenters. The lowest BCUT2D eigenvalue weighted by Gasteiger charge is -2.00. The SMILES string of the molecule is Cc1ccc(C(=O)c2ccc3c(c2)OCO3)s1. The van der Waals surface area contributed by atoms with E-state index in [4.69, 9.17) is 9.47 Å². The number of fused-ring (bicyclic) bond motifs is 1. The fourth-order valence-electron chi connectivity index (χ4n) is 1.74. The summed E-state index contributed by atoms with van der Waals surface area (Å²) in [4.78, 5) is 14.1. The van der Waals surface area contributed by atoms with Crippen LogP contribution in [0.4, 0.5) is 0 Å². The Morgan fingerprint density at radius 3 is 2.76 bits per heavy atom. The van der Waals surface area contributed by atoms with Gasteiger partial charge in [-0.3, -0.25) is 4.79 Å². The van der Waals surface area contributed by atoms with Crippen LogP contribution in [0, 0.1) is 6.92 Å². The second-order valence-corrected chi connectivity index (χ2v) is 5.10. The normalized spacial score (nSPS) is 12.8. The summed E-state index contributed by atoms with van der Waals surface area (Å²) in [5, 5.41) is 0. The molecule has 0 spiro atoms. The summed E-state index contributed by atoms with van der Waals surface area (Å²) in [6.45, 7) is 2.21. The van der Waals surface area contributed by atoms with Crippen LogP contribution in [0.3, 0.4) is 0 Å². The molecule has 0 N–H and O–H groups in total. The standard InChI is InChI=1S/C13H10O3S/c1-8-2-5-12(17-8)13(14)9-3-4-10-11(6-9)16-7-15-10/h2-6H,7H2,1H3. The minimum atomic E-state index is 0.0291. The van der Waals surface area contributed by atoms with Gasteiger partial charge in [0.25, 0.3) is 0 Å². The molecule has 0 atom stereocenters. The van der Waals surface area contributed by atoms with Gasteiger partial charge in [-0.15, -0.1) is 11.3 Å². The van der Waals surface area contributed by atoms with Crippen LogP contribution in [0.15, 0.2) is 30.3 Å². The van der Waals surface area contributed by atoms with Gasteiger partial charge in [-0.2, -0.15) is 0 Å². The van der Waals surface area contributed by atoms with Crippen molar-refractivity contribution in [3.63, 3.8) is 0 Å². The highest BCUT2D eigenvalue weighted by Crippen LogP contribution is 2.33. The summed E-state index contributed by atoms with van der Waals surface area (Å²) in [6, 6.07) is 9.08. The number of carbonyl (C=O) groups is 1. The number of ketones is 1. The highest BCUT2D eigenvalue weighted by atomic mass is 32.1. The lowest BCUT2D eigenvalue weighted by Crippen LogP contribution is -1.98. The predicted octanol–water partition coefficient (Wildman–Crippen LogP) is 3.02. The first kappa shape index (κ1) is 10.4. The van der Waals surface area contributed by atoms with Gasteiger partial charge in [0, 0.05) is 10.4 Å². The van der Waals surface area contributed by atoms with Crippen molar-refractivity contribution in [2.75, 3.05) is 6.79 Å². The van der Waals surface area contributed by atoms with E-state index in [9.17, 15) is 4.79 Å². The van der Waals surface area contributed by atoms with Crippen molar-refractivity contribution in [1.29, 1.82) is 0 Å². The first-order chi connectivity index (χ1) is 8.24. The number of thiophene rings is 1. The Bertz CT molecular complexity index is 586. The molecule has 1 aromatic heterocycles. The van der Waals surface area contributed by atoms with Crippen molar-refractivity contribution in [2.24, 2.45) is 0 Å². The van der Waals surface area contributed by atoms with Crippen molar-refractivity contribution in [3.8, 4) is 11.5 Å². The molecule has 0 aliphatic carbocycles. The topological polar surface area (TPSA) is 35.5 Å². The molecule has 4 heteroatoms. The Balaban J connectivity index is 1.97. The van der Waals surface area contributed by atoms with E-state index in [0.717, 1.165) is 9.75 Å². The number of ether oxygens (including phenoxy) is 2. The largest absolute Gasteiger partial charge is 0.454 e. The van der Waals surface area contributed by atoms with Crippen LogP contribution < -0.4 is 9.47 Å². The number of hydrogen-bond acceptors (Lipinski definition) is 4. The molecular weight excluding hydrogens is 236 g/mol. The minimum Gasteiger partial charge on any atom is -0.454 e. The number of benzene rings is 1. The maximum absolute atomic E-state index is 12.2. The van der Waals surface area contributed by atoms with Gasteiger partial charge in [0.1, 0.15) is 0 Å². The van der Waals surface area contributed by atoms with Gasteiger partial charge in [0.05, 0.1) is 4.88 Å². The summed E-state index contributed by atoms with van der Waals surface area (Å²) in [7, 11) is 0. The number of hydrogen-bond donors (Lipinski definition) is 0. The fraction of sp³-hybridized carbons (Fsp3) is 0.154. The van der Waals surface area contributed by atoms with Crippen molar-refractivity contribution in [2.45, 2.75) is 6.92 Å². The van der Waals surface area contributed by atoms with E-state index in [-0.39, 0.29) is 12.6 Å². The molecule has 1 aromatic carbocycles. The lowest BCUT2D eigenvalue weighted by molar-refractivity contribution is 0.104. The quantitative estimate of drug-likeness (QED) is 0.764.